The monoisotopic (exact) mass is 275 g/mol. The molecule has 0 bridgehead atoms. The van der Waals surface area contributed by atoms with Gasteiger partial charge in [-0.15, -0.1) is 0 Å². The van der Waals surface area contributed by atoms with Gasteiger partial charge in [-0.25, -0.2) is 4.79 Å². The fraction of sp³-hybridized carbons (Fsp3) is 0.214. The molecule has 1 amide bonds. The number of benzene rings is 1. The Labute approximate surface area is 114 Å². The second-order valence-corrected chi connectivity index (χ2v) is 4.42. The molecule has 0 radical (unpaired) electrons. The van der Waals surface area contributed by atoms with Crippen LogP contribution in [0.15, 0.2) is 33.5 Å². The number of hydrogen-bond acceptors (Lipinski definition) is 5. The number of primary amides is 1. The van der Waals surface area contributed by atoms with Gasteiger partial charge < -0.3 is 14.9 Å². The van der Waals surface area contributed by atoms with Crippen molar-refractivity contribution in [3.8, 4) is 0 Å². The highest BCUT2D eigenvalue weighted by Crippen LogP contribution is 2.15. The summed E-state index contributed by atoms with van der Waals surface area (Å²) >= 11 is 0. The van der Waals surface area contributed by atoms with Gasteiger partial charge in [0.05, 0.1) is 5.39 Å². The Morgan fingerprint density at radius 3 is 2.65 bits per heavy atom. The van der Waals surface area contributed by atoms with Crippen molar-refractivity contribution < 1.29 is 18.7 Å². The highest BCUT2D eigenvalue weighted by Gasteiger charge is 2.19. The molecule has 2 aromatic rings. The standard InChI is InChI=1S/C14H13NO5/c1-7-3-4-11-9(5-7)10(16)6-12(20-11)14(18)19-8(2)13(15)17/h3-6,8H,1-2H3,(H2,15,17)/t8-/m1/s1. The summed E-state index contributed by atoms with van der Waals surface area (Å²) in [5.74, 6) is -1.95. The summed E-state index contributed by atoms with van der Waals surface area (Å²) in [5, 5.41) is 0.379. The van der Waals surface area contributed by atoms with Crippen LogP contribution in [0.2, 0.25) is 0 Å². The number of hydrogen-bond donors (Lipinski definition) is 1. The molecule has 6 heteroatoms. The number of ether oxygens (including phenoxy) is 1. The number of esters is 1. The number of carbonyl (C=O) groups is 2. The normalized spacial score (nSPS) is 12.1. The van der Waals surface area contributed by atoms with Crippen LogP contribution < -0.4 is 11.2 Å². The van der Waals surface area contributed by atoms with Crippen molar-refractivity contribution in [3.05, 3.63) is 45.8 Å². The Kier molecular flexibility index (Phi) is 3.56. The molecule has 0 saturated heterocycles. The van der Waals surface area contributed by atoms with Crippen LogP contribution in [0.1, 0.15) is 23.0 Å². The lowest BCUT2D eigenvalue weighted by Gasteiger charge is -2.09. The van der Waals surface area contributed by atoms with Crippen molar-refractivity contribution in [1.29, 1.82) is 0 Å². The van der Waals surface area contributed by atoms with Gasteiger partial charge in [0.2, 0.25) is 5.76 Å². The van der Waals surface area contributed by atoms with Gasteiger partial charge in [-0.3, -0.25) is 9.59 Å². The predicted octanol–water partition coefficient (Wildman–Crippen LogP) is 1.13. The lowest BCUT2D eigenvalue weighted by Crippen LogP contribution is -2.30. The molecule has 0 saturated carbocycles. The Balaban J connectivity index is 2.41. The molecule has 2 rings (SSSR count). The number of aryl methyl sites for hydroxylation is 1. The summed E-state index contributed by atoms with van der Waals surface area (Å²) in [6.07, 6.45) is -1.10. The summed E-state index contributed by atoms with van der Waals surface area (Å²) in [7, 11) is 0. The highest BCUT2D eigenvalue weighted by atomic mass is 16.6. The quantitative estimate of drug-likeness (QED) is 0.846. The number of carbonyl (C=O) groups excluding carboxylic acids is 2. The van der Waals surface area contributed by atoms with Gasteiger partial charge in [-0.05, 0) is 26.0 Å². The summed E-state index contributed by atoms with van der Waals surface area (Å²) in [5.41, 5.74) is 5.82. The van der Waals surface area contributed by atoms with E-state index >= 15 is 0 Å². The number of rotatable bonds is 3. The van der Waals surface area contributed by atoms with Crippen molar-refractivity contribution in [2.24, 2.45) is 5.73 Å². The van der Waals surface area contributed by atoms with Crippen molar-refractivity contribution in [2.75, 3.05) is 0 Å². The lowest BCUT2D eigenvalue weighted by atomic mass is 10.1. The molecule has 0 aliphatic carbocycles. The third kappa shape index (κ3) is 2.69. The average Bonchev–Trinajstić information content (AvgIpc) is 2.39. The minimum Gasteiger partial charge on any atom is -0.449 e. The molecule has 0 spiro atoms. The summed E-state index contributed by atoms with van der Waals surface area (Å²) in [6, 6.07) is 6.06. The van der Waals surface area contributed by atoms with E-state index in [1.165, 1.54) is 6.92 Å². The number of amides is 1. The number of fused-ring (bicyclic) bond motifs is 1. The van der Waals surface area contributed by atoms with E-state index in [1.54, 1.807) is 18.2 Å². The van der Waals surface area contributed by atoms with Crippen molar-refractivity contribution in [3.63, 3.8) is 0 Å². The van der Waals surface area contributed by atoms with Crippen LogP contribution in [0, 0.1) is 6.92 Å². The molecule has 2 N–H and O–H groups in total. The molecule has 0 aliphatic rings. The average molecular weight is 275 g/mol. The lowest BCUT2D eigenvalue weighted by molar-refractivity contribution is -0.125. The molecule has 1 aromatic carbocycles. The molecular formula is C14H13NO5. The first-order valence-corrected chi connectivity index (χ1v) is 5.93. The third-order valence-corrected chi connectivity index (χ3v) is 2.77. The molecular weight excluding hydrogens is 262 g/mol. The molecule has 20 heavy (non-hydrogen) atoms. The maximum absolute atomic E-state index is 11.9. The van der Waals surface area contributed by atoms with Gasteiger partial charge in [0.25, 0.3) is 5.91 Å². The van der Waals surface area contributed by atoms with Crippen LogP contribution in [0.3, 0.4) is 0 Å². The van der Waals surface area contributed by atoms with E-state index in [0.717, 1.165) is 11.6 Å². The van der Waals surface area contributed by atoms with E-state index in [2.05, 4.69) is 0 Å². The van der Waals surface area contributed by atoms with Crippen LogP contribution in [0.4, 0.5) is 0 Å². The van der Waals surface area contributed by atoms with Gasteiger partial charge in [-0.1, -0.05) is 11.6 Å². The molecule has 1 heterocycles. The van der Waals surface area contributed by atoms with Gasteiger partial charge in [-0.2, -0.15) is 0 Å². The van der Waals surface area contributed by atoms with E-state index in [4.69, 9.17) is 14.9 Å². The van der Waals surface area contributed by atoms with Crippen LogP contribution in [0.5, 0.6) is 0 Å². The van der Waals surface area contributed by atoms with Gasteiger partial charge in [0, 0.05) is 6.07 Å². The minimum atomic E-state index is -1.10. The molecule has 0 unspecified atom stereocenters. The van der Waals surface area contributed by atoms with Crippen molar-refractivity contribution >= 4 is 22.8 Å². The molecule has 104 valence electrons. The van der Waals surface area contributed by atoms with Crippen LogP contribution in [-0.2, 0) is 9.53 Å². The minimum absolute atomic E-state index is 0.264. The topological polar surface area (TPSA) is 99.6 Å². The first kappa shape index (κ1) is 13.8. The van der Waals surface area contributed by atoms with Gasteiger partial charge in [0.1, 0.15) is 5.58 Å². The van der Waals surface area contributed by atoms with Crippen LogP contribution >= 0.6 is 0 Å². The van der Waals surface area contributed by atoms with E-state index in [-0.39, 0.29) is 16.8 Å². The first-order valence-electron chi connectivity index (χ1n) is 5.93. The van der Waals surface area contributed by atoms with Gasteiger partial charge in [0.15, 0.2) is 11.5 Å². The highest BCUT2D eigenvalue weighted by molar-refractivity contribution is 5.91. The van der Waals surface area contributed by atoms with E-state index in [0.29, 0.717) is 5.39 Å². The SMILES string of the molecule is Cc1ccc2oc(C(=O)O[C@H](C)C(N)=O)cc(=O)c2c1. The zero-order valence-electron chi connectivity index (χ0n) is 11.0. The Morgan fingerprint density at radius 1 is 1.30 bits per heavy atom. The molecule has 1 atom stereocenters. The van der Waals surface area contributed by atoms with Gasteiger partial charge >= 0.3 is 5.97 Å². The Morgan fingerprint density at radius 2 is 2.00 bits per heavy atom. The second-order valence-electron chi connectivity index (χ2n) is 4.42. The molecule has 0 fully saturated rings. The zero-order valence-corrected chi connectivity index (χ0v) is 11.0. The van der Waals surface area contributed by atoms with E-state index < -0.39 is 18.0 Å². The maximum Gasteiger partial charge on any atom is 0.375 e. The zero-order chi connectivity index (χ0) is 14.9. The van der Waals surface area contributed by atoms with Crippen LogP contribution in [0.25, 0.3) is 11.0 Å². The third-order valence-electron chi connectivity index (χ3n) is 2.77. The van der Waals surface area contributed by atoms with E-state index in [1.807, 2.05) is 6.92 Å². The molecule has 0 aliphatic heterocycles. The second kappa shape index (κ2) is 5.16. The van der Waals surface area contributed by atoms with Crippen molar-refractivity contribution in [1.82, 2.24) is 0 Å². The molecule has 1 aromatic heterocycles. The fourth-order valence-corrected chi connectivity index (χ4v) is 1.65. The fourth-order valence-electron chi connectivity index (χ4n) is 1.65. The van der Waals surface area contributed by atoms with Crippen LogP contribution in [-0.4, -0.2) is 18.0 Å². The van der Waals surface area contributed by atoms with Crippen molar-refractivity contribution in [2.45, 2.75) is 20.0 Å². The first-order chi connectivity index (χ1) is 9.38. The summed E-state index contributed by atoms with van der Waals surface area (Å²) < 4.78 is 10.1. The summed E-state index contributed by atoms with van der Waals surface area (Å²) in [4.78, 5) is 34.5. The van der Waals surface area contributed by atoms with E-state index in [9.17, 15) is 14.4 Å². The smallest absolute Gasteiger partial charge is 0.375 e. The largest absolute Gasteiger partial charge is 0.449 e. The molecule has 6 nitrogen and oxygen atoms in total. The predicted molar refractivity (Wildman–Crippen MR) is 71.3 cm³/mol. The summed E-state index contributed by atoms with van der Waals surface area (Å²) in [6.45, 7) is 3.18. The Bertz CT molecular complexity index is 747. The maximum atomic E-state index is 11.9. The number of nitrogens with two attached hydrogens (primary N) is 1. The Hall–Kier alpha value is -2.63.